The number of hydrogen-bond acceptors (Lipinski definition) is 3. The van der Waals surface area contributed by atoms with E-state index in [1.807, 2.05) is 27.7 Å². The van der Waals surface area contributed by atoms with E-state index in [1.165, 1.54) is 0 Å². The van der Waals surface area contributed by atoms with Gasteiger partial charge in [0.05, 0.1) is 6.10 Å². The Balaban J connectivity index is 2.39. The van der Waals surface area contributed by atoms with Gasteiger partial charge in [0.2, 0.25) is 10.0 Å². The van der Waals surface area contributed by atoms with Gasteiger partial charge in [-0.05, 0) is 44.4 Å². The number of hydrogen-bond donors (Lipinski definition) is 2. The van der Waals surface area contributed by atoms with E-state index < -0.39 is 20.9 Å². The van der Waals surface area contributed by atoms with Crippen molar-refractivity contribution in [3.63, 3.8) is 0 Å². The predicted octanol–water partition coefficient (Wildman–Crippen LogP) is 1.25. The summed E-state index contributed by atoms with van der Waals surface area (Å²) in [4.78, 5) is 0. The van der Waals surface area contributed by atoms with Crippen molar-refractivity contribution in [1.29, 1.82) is 0 Å². The van der Waals surface area contributed by atoms with Crippen molar-refractivity contribution in [3.05, 3.63) is 0 Å². The van der Waals surface area contributed by atoms with Gasteiger partial charge in [-0.25, -0.2) is 13.1 Å². The minimum absolute atomic E-state index is 0.121. The molecule has 0 saturated heterocycles. The van der Waals surface area contributed by atoms with Gasteiger partial charge in [0.25, 0.3) is 0 Å². The topological polar surface area (TPSA) is 66.4 Å². The summed E-state index contributed by atoms with van der Waals surface area (Å²) < 4.78 is 26.6. The zero-order chi connectivity index (χ0) is 13.1. The first-order valence-corrected chi connectivity index (χ1v) is 7.82. The zero-order valence-electron chi connectivity index (χ0n) is 11.0. The molecule has 2 aliphatic rings. The van der Waals surface area contributed by atoms with Gasteiger partial charge >= 0.3 is 0 Å². The largest absolute Gasteiger partial charge is 0.391 e. The van der Waals surface area contributed by atoms with Crippen LogP contribution in [0.4, 0.5) is 0 Å². The molecule has 0 aliphatic heterocycles. The van der Waals surface area contributed by atoms with Crippen molar-refractivity contribution in [2.24, 2.45) is 11.3 Å². The number of aliphatic hydroxyl groups excluding tert-OH is 1. The Hall–Kier alpha value is -0.130. The van der Waals surface area contributed by atoms with Crippen LogP contribution < -0.4 is 4.72 Å². The Morgan fingerprint density at radius 1 is 1.35 bits per heavy atom. The van der Waals surface area contributed by atoms with Crippen LogP contribution in [0.2, 0.25) is 0 Å². The van der Waals surface area contributed by atoms with Crippen LogP contribution in [-0.2, 0) is 10.0 Å². The highest BCUT2D eigenvalue weighted by molar-refractivity contribution is 7.91. The number of sulfonamides is 1. The van der Waals surface area contributed by atoms with Crippen molar-refractivity contribution in [1.82, 2.24) is 4.72 Å². The SMILES string of the molecule is CC(C)NS(=O)(=O)[C@]12CCC(C1)C(C)(C)[C@@H]2O. The summed E-state index contributed by atoms with van der Waals surface area (Å²) >= 11 is 0. The number of nitrogens with one attached hydrogen (secondary N) is 1. The fraction of sp³-hybridized carbons (Fsp3) is 1.00. The van der Waals surface area contributed by atoms with E-state index in [9.17, 15) is 13.5 Å². The molecule has 2 saturated carbocycles. The average molecular weight is 261 g/mol. The fourth-order valence-electron chi connectivity index (χ4n) is 3.64. The Labute approximate surface area is 104 Å². The summed E-state index contributed by atoms with van der Waals surface area (Å²) in [6, 6.07) is -0.121. The first-order chi connectivity index (χ1) is 7.63. The highest BCUT2D eigenvalue weighted by atomic mass is 32.2. The second-order valence-electron chi connectivity index (χ2n) is 6.50. The molecule has 1 unspecified atom stereocenters. The summed E-state index contributed by atoms with van der Waals surface area (Å²) in [6.45, 7) is 7.59. The average Bonchev–Trinajstić information content (AvgIpc) is 2.66. The minimum atomic E-state index is -3.45. The van der Waals surface area contributed by atoms with Gasteiger partial charge in [0.15, 0.2) is 0 Å². The van der Waals surface area contributed by atoms with E-state index in [4.69, 9.17) is 0 Å². The molecule has 0 aromatic rings. The van der Waals surface area contributed by atoms with Crippen LogP contribution in [0.1, 0.15) is 47.0 Å². The highest BCUT2D eigenvalue weighted by Crippen LogP contribution is 2.60. The van der Waals surface area contributed by atoms with Crippen LogP contribution in [0.3, 0.4) is 0 Å². The third kappa shape index (κ3) is 1.66. The van der Waals surface area contributed by atoms with Crippen molar-refractivity contribution < 1.29 is 13.5 Å². The number of aliphatic hydroxyl groups is 1. The van der Waals surface area contributed by atoms with Gasteiger partial charge in [0.1, 0.15) is 4.75 Å². The minimum Gasteiger partial charge on any atom is -0.391 e. The molecule has 2 aliphatic carbocycles. The Morgan fingerprint density at radius 2 is 1.94 bits per heavy atom. The first kappa shape index (κ1) is 13.3. The van der Waals surface area contributed by atoms with Crippen LogP contribution in [0.5, 0.6) is 0 Å². The van der Waals surface area contributed by atoms with Gasteiger partial charge < -0.3 is 5.11 Å². The first-order valence-electron chi connectivity index (χ1n) is 6.33. The molecule has 0 amide bonds. The van der Waals surface area contributed by atoms with E-state index in [0.29, 0.717) is 18.8 Å². The smallest absolute Gasteiger partial charge is 0.220 e. The van der Waals surface area contributed by atoms with Crippen molar-refractivity contribution >= 4 is 10.0 Å². The number of rotatable bonds is 3. The second-order valence-corrected chi connectivity index (χ2v) is 8.56. The maximum atomic E-state index is 12.5. The Kier molecular flexibility index (Phi) is 2.88. The van der Waals surface area contributed by atoms with Crippen LogP contribution >= 0.6 is 0 Å². The summed E-state index contributed by atoms with van der Waals surface area (Å²) in [6.07, 6.45) is 1.33. The van der Waals surface area contributed by atoms with E-state index in [-0.39, 0.29) is 11.5 Å². The Morgan fingerprint density at radius 3 is 2.35 bits per heavy atom. The third-order valence-corrected chi connectivity index (χ3v) is 7.14. The second kappa shape index (κ2) is 3.68. The molecule has 17 heavy (non-hydrogen) atoms. The predicted molar refractivity (Wildman–Crippen MR) is 67.1 cm³/mol. The molecule has 0 radical (unpaired) electrons. The van der Waals surface area contributed by atoms with E-state index in [2.05, 4.69) is 4.72 Å². The lowest BCUT2D eigenvalue weighted by atomic mass is 9.74. The fourth-order valence-corrected chi connectivity index (χ4v) is 5.90. The summed E-state index contributed by atoms with van der Waals surface area (Å²) in [5.41, 5.74) is -0.288. The van der Waals surface area contributed by atoms with Crippen LogP contribution in [-0.4, -0.2) is 30.4 Å². The van der Waals surface area contributed by atoms with Crippen molar-refractivity contribution in [3.8, 4) is 0 Å². The molecule has 4 nitrogen and oxygen atoms in total. The monoisotopic (exact) mass is 261 g/mol. The standard InChI is InChI=1S/C12H23NO3S/c1-8(2)13-17(15,16)12-6-5-9(7-12)11(3,4)10(12)14/h8-10,13-14H,5-7H2,1-4H3/t9?,10-,12+/m0/s1. The van der Waals surface area contributed by atoms with Crippen LogP contribution in [0, 0.1) is 11.3 Å². The van der Waals surface area contributed by atoms with Gasteiger partial charge in [-0.3, -0.25) is 0 Å². The zero-order valence-corrected chi connectivity index (χ0v) is 11.8. The molecule has 0 aromatic heterocycles. The molecule has 2 N–H and O–H groups in total. The van der Waals surface area contributed by atoms with E-state index in [0.717, 1.165) is 6.42 Å². The normalized spacial score (nSPS) is 40.1. The molecule has 0 heterocycles. The highest BCUT2D eigenvalue weighted by Gasteiger charge is 2.67. The molecule has 100 valence electrons. The lowest BCUT2D eigenvalue weighted by Crippen LogP contribution is -2.55. The third-order valence-electron chi connectivity index (χ3n) is 4.69. The van der Waals surface area contributed by atoms with Gasteiger partial charge in [-0.15, -0.1) is 0 Å². The maximum absolute atomic E-state index is 12.5. The molecule has 2 fully saturated rings. The lowest BCUT2D eigenvalue weighted by molar-refractivity contribution is 0.0121. The van der Waals surface area contributed by atoms with Crippen LogP contribution in [0.15, 0.2) is 0 Å². The van der Waals surface area contributed by atoms with E-state index >= 15 is 0 Å². The molecule has 2 bridgehead atoms. The molecule has 2 rings (SSSR count). The quantitative estimate of drug-likeness (QED) is 0.803. The summed E-state index contributed by atoms with van der Waals surface area (Å²) in [5, 5.41) is 10.4. The van der Waals surface area contributed by atoms with Crippen molar-refractivity contribution in [2.45, 2.75) is 63.9 Å². The molecule has 5 heteroatoms. The molecular formula is C12H23NO3S. The molecule has 3 atom stereocenters. The van der Waals surface area contributed by atoms with Gasteiger partial charge in [0, 0.05) is 6.04 Å². The Bertz CT molecular complexity index is 415. The van der Waals surface area contributed by atoms with Gasteiger partial charge in [-0.1, -0.05) is 13.8 Å². The summed E-state index contributed by atoms with van der Waals surface area (Å²) in [7, 11) is -3.45. The van der Waals surface area contributed by atoms with Crippen LogP contribution in [0.25, 0.3) is 0 Å². The molecular weight excluding hydrogens is 238 g/mol. The molecule has 0 aromatic carbocycles. The molecule has 0 spiro atoms. The van der Waals surface area contributed by atoms with Gasteiger partial charge in [-0.2, -0.15) is 0 Å². The maximum Gasteiger partial charge on any atom is 0.220 e. The lowest BCUT2D eigenvalue weighted by Gasteiger charge is -2.40. The van der Waals surface area contributed by atoms with Crippen molar-refractivity contribution in [2.75, 3.05) is 0 Å². The number of fused-ring (bicyclic) bond motifs is 2. The summed E-state index contributed by atoms with van der Waals surface area (Å²) in [5.74, 6) is 0.321. The van der Waals surface area contributed by atoms with E-state index in [1.54, 1.807) is 0 Å².